The van der Waals surface area contributed by atoms with Crippen LogP contribution in [0.2, 0.25) is 5.02 Å². The number of ether oxygens (including phenoxy) is 3. The van der Waals surface area contributed by atoms with Gasteiger partial charge in [0.25, 0.3) is 5.91 Å². The molecule has 0 aliphatic carbocycles. The summed E-state index contributed by atoms with van der Waals surface area (Å²) in [4.78, 5) is 40.0. The number of likely N-dealkylation sites (N-methyl/N-ethyl adjacent to an activating group) is 1. The summed E-state index contributed by atoms with van der Waals surface area (Å²) in [6.07, 6.45) is 0.379. The van der Waals surface area contributed by atoms with Crippen LogP contribution in [0.1, 0.15) is 51.4 Å². The number of carbonyl (C=O) groups is 2. The van der Waals surface area contributed by atoms with Crippen molar-refractivity contribution in [2.45, 2.75) is 64.3 Å². The van der Waals surface area contributed by atoms with Gasteiger partial charge in [0.15, 0.2) is 5.75 Å². The minimum atomic E-state index is -0.643. The number of aromatic nitrogens is 1. The van der Waals surface area contributed by atoms with Gasteiger partial charge in [0.1, 0.15) is 34.4 Å². The summed E-state index contributed by atoms with van der Waals surface area (Å²) in [7, 11) is 3.74. The molecule has 10 nitrogen and oxygen atoms in total. The van der Waals surface area contributed by atoms with Crippen molar-refractivity contribution < 1.29 is 28.2 Å². The molecule has 0 radical (unpaired) electrons. The van der Waals surface area contributed by atoms with Gasteiger partial charge >= 0.3 is 6.09 Å². The van der Waals surface area contributed by atoms with Crippen LogP contribution in [0.25, 0.3) is 11.3 Å². The quantitative estimate of drug-likeness (QED) is 0.444. The molecule has 240 valence electrons. The Balaban J connectivity index is 1.57. The van der Waals surface area contributed by atoms with Gasteiger partial charge < -0.3 is 28.9 Å². The maximum absolute atomic E-state index is 15.2. The number of halogens is 2. The number of carbonyl (C=O) groups excluding carboxylic acids is 2. The van der Waals surface area contributed by atoms with E-state index in [9.17, 15) is 9.59 Å². The highest BCUT2D eigenvalue weighted by Crippen LogP contribution is 2.47. The van der Waals surface area contributed by atoms with Crippen molar-refractivity contribution in [2.75, 3.05) is 65.0 Å². The molecule has 2 saturated heterocycles. The van der Waals surface area contributed by atoms with E-state index < -0.39 is 29.1 Å². The Morgan fingerprint density at radius 3 is 2.64 bits per heavy atom. The lowest BCUT2D eigenvalue weighted by Gasteiger charge is -2.40. The number of rotatable bonds is 6. The van der Waals surface area contributed by atoms with Crippen LogP contribution < -0.4 is 9.64 Å². The number of anilines is 1. The van der Waals surface area contributed by atoms with Crippen LogP contribution in [-0.4, -0.2) is 115 Å². The maximum atomic E-state index is 15.2. The Bertz CT molecular complexity index is 1420. The Morgan fingerprint density at radius 2 is 1.95 bits per heavy atom. The van der Waals surface area contributed by atoms with E-state index in [-0.39, 0.29) is 52.7 Å². The first-order chi connectivity index (χ1) is 20.7. The molecule has 2 amide bonds. The minimum Gasteiger partial charge on any atom is -0.489 e. The molecule has 0 spiro atoms. The van der Waals surface area contributed by atoms with Crippen molar-refractivity contribution in [2.24, 2.45) is 0 Å². The highest BCUT2D eigenvalue weighted by molar-refractivity contribution is 6.35. The van der Waals surface area contributed by atoms with E-state index in [1.165, 1.54) is 6.07 Å². The highest BCUT2D eigenvalue weighted by Gasteiger charge is 2.46. The predicted molar refractivity (Wildman–Crippen MR) is 167 cm³/mol. The predicted octanol–water partition coefficient (Wildman–Crippen LogP) is 4.93. The summed E-state index contributed by atoms with van der Waals surface area (Å²) in [5.41, 5.74) is -0.337. The maximum Gasteiger partial charge on any atom is 0.410 e. The number of hydrogen-bond donors (Lipinski definition) is 0. The molecule has 3 aliphatic rings. The molecule has 0 bridgehead atoms. The van der Waals surface area contributed by atoms with E-state index >= 15 is 4.39 Å². The number of methoxy groups -OCH3 is 1. The summed E-state index contributed by atoms with van der Waals surface area (Å²) < 4.78 is 32.4. The molecule has 2 fully saturated rings. The lowest BCUT2D eigenvalue weighted by Crippen LogP contribution is -2.58. The van der Waals surface area contributed by atoms with Gasteiger partial charge in [-0.3, -0.25) is 9.69 Å². The third kappa shape index (κ3) is 6.32. The number of piperazine rings is 1. The number of pyridine rings is 1. The average Bonchev–Trinajstić information content (AvgIpc) is 3.20. The van der Waals surface area contributed by atoms with Crippen molar-refractivity contribution in [1.29, 1.82) is 0 Å². The second-order valence-electron chi connectivity index (χ2n) is 13.4. The first-order valence-electron chi connectivity index (χ1n) is 15.1. The van der Waals surface area contributed by atoms with E-state index in [0.717, 1.165) is 13.0 Å². The zero-order valence-electron chi connectivity index (χ0n) is 26.7. The molecule has 2 atom stereocenters. The first-order valence-corrected chi connectivity index (χ1v) is 15.5. The summed E-state index contributed by atoms with van der Waals surface area (Å²) in [5, 5.41) is 0.0804. The third-order valence-corrected chi connectivity index (χ3v) is 8.97. The van der Waals surface area contributed by atoms with Gasteiger partial charge in [0.2, 0.25) is 0 Å². The number of hydrogen-bond acceptors (Lipinski definition) is 8. The Morgan fingerprint density at radius 1 is 1.23 bits per heavy atom. The van der Waals surface area contributed by atoms with Crippen LogP contribution in [-0.2, 0) is 9.47 Å². The second kappa shape index (κ2) is 12.3. The zero-order valence-corrected chi connectivity index (χ0v) is 27.4. The lowest BCUT2D eigenvalue weighted by atomic mass is 9.98. The largest absolute Gasteiger partial charge is 0.489 e. The van der Waals surface area contributed by atoms with E-state index in [4.69, 9.17) is 30.8 Å². The summed E-state index contributed by atoms with van der Waals surface area (Å²) in [6.45, 7) is 12.6. The van der Waals surface area contributed by atoms with Crippen LogP contribution in [0, 0.1) is 5.82 Å². The standard InChI is InChI=1S/C32H43ClFN5O5/c1-31(2,3)44-30(41)37-12-13-38-21(17-37)19-43-27-24(29(38)40)28(35-26(25(27)33)22-10-8-9-11-23(22)34)39-18-20(16-32(39,4)5)36(6)14-15-42-7/h8-11,20-21H,12-19H2,1-7H3/t20?,21-/m1/s1. The topological polar surface area (TPSA) is 87.7 Å². The minimum absolute atomic E-state index is 0.0804. The van der Waals surface area contributed by atoms with Gasteiger partial charge in [0, 0.05) is 57.0 Å². The second-order valence-corrected chi connectivity index (χ2v) is 13.8. The molecule has 2 aromatic rings. The molecule has 3 aliphatic heterocycles. The number of benzene rings is 1. The molecule has 4 heterocycles. The molecule has 1 aromatic carbocycles. The first kappa shape index (κ1) is 32.2. The normalized spacial score (nSPS) is 21.6. The van der Waals surface area contributed by atoms with Crippen LogP contribution in [0.3, 0.4) is 0 Å². The molecule has 44 heavy (non-hydrogen) atoms. The van der Waals surface area contributed by atoms with E-state index in [1.54, 1.807) is 35.1 Å². The lowest BCUT2D eigenvalue weighted by molar-refractivity contribution is 0.000952. The highest BCUT2D eigenvalue weighted by atomic mass is 35.5. The van der Waals surface area contributed by atoms with E-state index in [0.29, 0.717) is 32.1 Å². The molecular weight excluding hydrogens is 589 g/mol. The fourth-order valence-electron chi connectivity index (χ4n) is 6.26. The van der Waals surface area contributed by atoms with Crippen LogP contribution in [0.15, 0.2) is 24.3 Å². The smallest absolute Gasteiger partial charge is 0.410 e. The van der Waals surface area contributed by atoms with Gasteiger partial charge in [-0.05, 0) is 60.2 Å². The van der Waals surface area contributed by atoms with Crippen molar-refractivity contribution in [3.8, 4) is 17.0 Å². The molecule has 0 saturated carbocycles. The Hall–Kier alpha value is -3.15. The number of nitrogens with zero attached hydrogens (tertiary/aromatic N) is 5. The fourth-order valence-corrected chi connectivity index (χ4v) is 6.55. The molecule has 5 rings (SSSR count). The van der Waals surface area contributed by atoms with E-state index in [1.807, 2.05) is 20.8 Å². The monoisotopic (exact) mass is 631 g/mol. The summed E-state index contributed by atoms with van der Waals surface area (Å²) in [5.74, 6) is -0.153. The zero-order chi connectivity index (χ0) is 32.0. The SMILES string of the molecule is COCCN(C)C1CN(c2nc(-c3ccccc3F)c(Cl)c3c2C(=O)N2CCN(C(=O)OC(C)(C)C)C[C@@H]2CO3)C(C)(C)C1. The third-order valence-electron chi connectivity index (χ3n) is 8.62. The van der Waals surface area contributed by atoms with Gasteiger partial charge in [-0.2, -0.15) is 0 Å². The van der Waals surface area contributed by atoms with Crippen LogP contribution in [0.4, 0.5) is 15.0 Å². The summed E-state index contributed by atoms with van der Waals surface area (Å²) in [6, 6.07) is 6.04. The van der Waals surface area contributed by atoms with Crippen molar-refractivity contribution in [3.63, 3.8) is 0 Å². The average molecular weight is 632 g/mol. The molecule has 1 unspecified atom stereocenters. The van der Waals surface area contributed by atoms with Gasteiger partial charge in [-0.25, -0.2) is 14.2 Å². The Labute approximate surface area is 264 Å². The van der Waals surface area contributed by atoms with E-state index in [2.05, 4.69) is 30.7 Å². The Kier molecular flexibility index (Phi) is 9.04. The number of amides is 2. The van der Waals surface area contributed by atoms with Crippen LogP contribution >= 0.6 is 11.6 Å². The summed E-state index contributed by atoms with van der Waals surface area (Å²) >= 11 is 6.96. The van der Waals surface area contributed by atoms with Crippen molar-refractivity contribution >= 4 is 29.4 Å². The van der Waals surface area contributed by atoms with Gasteiger partial charge in [-0.1, -0.05) is 23.7 Å². The van der Waals surface area contributed by atoms with Crippen molar-refractivity contribution in [1.82, 2.24) is 19.7 Å². The fraction of sp³-hybridized carbons (Fsp3) is 0.594. The number of fused-ring (bicyclic) bond motifs is 2. The van der Waals surface area contributed by atoms with Gasteiger partial charge in [-0.15, -0.1) is 0 Å². The molecule has 12 heteroatoms. The molecule has 1 aromatic heterocycles. The van der Waals surface area contributed by atoms with Crippen LogP contribution in [0.5, 0.6) is 5.75 Å². The molecule has 0 N–H and O–H groups in total. The molecular formula is C32H43ClFN5O5. The van der Waals surface area contributed by atoms with Crippen molar-refractivity contribution in [3.05, 3.63) is 40.7 Å². The van der Waals surface area contributed by atoms with Gasteiger partial charge in [0.05, 0.1) is 18.3 Å².